The monoisotopic (exact) mass is 529 g/mol. The van der Waals surface area contributed by atoms with E-state index < -0.39 is 11.9 Å². The summed E-state index contributed by atoms with van der Waals surface area (Å²) >= 11 is 12.8. The van der Waals surface area contributed by atoms with Gasteiger partial charge in [-0.2, -0.15) is 0 Å². The molecule has 1 aliphatic carbocycles. The maximum absolute atomic E-state index is 13.8. The lowest BCUT2D eigenvalue weighted by Crippen LogP contribution is -2.36. The van der Waals surface area contributed by atoms with Crippen LogP contribution in [0.5, 0.6) is 11.5 Å². The van der Waals surface area contributed by atoms with E-state index >= 15 is 0 Å². The standard InChI is InChI=1S/C28H29Cl2NO5/c1-14(2)36-28(33)25-15(3)31-21-10-17(16-6-9-23(34-4)24(12-16)35-5)11-22(32)27(21)26(25)19-8-7-18(29)13-20(19)30/h6-9,12-14,17,26,31H,10-11H2,1-5H3/t17-,26+/m1/s1. The summed E-state index contributed by atoms with van der Waals surface area (Å²) in [6.07, 6.45) is 0.553. The molecule has 0 radical (unpaired) electrons. The average molecular weight is 530 g/mol. The Balaban J connectivity index is 1.80. The Labute approximate surface area is 221 Å². The number of halogens is 2. The van der Waals surface area contributed by atoms with Crippen LogP contribution in [0.4, 0.5) is 0 Å². The van der Waals surface area contributed by atoms with Gasteiger partial charge in [0.15, 0.2) is 17.3 Å². The minimum absolute atomic E-state index is 0.0538. The summed E-state index contributed by atoms with van der Waals surface area (Å²) in [5, 5.41) is 4.21. The predicted molar refractivity (Wildman–Crippen MR) is 140 cm³/mol. The van der Waals surface area contributed by atoms with E-state index in [0.717, 1.165) is 11.3 Å². The van der Waals surface area contributed by atoms with Gasteiger partial charge in [0.1, 0.15) is 0 Å². The van der Waals surface area contributed by atoms with Gasteiger partial charge in [0.2, 0.25) is 0 Å². The molecule has 8 heteroatoms. The first kappa shape index (κ1) is 26.1. The van der Waals surface area contributed by atoms with Gasteiger partial charge in [-0.1, -0.05) is 35.3 Å². The quantitative estimate of drug-likeness (QED) is 0.441. The Hall–Kier alpha value is -2.96. The molecule has 36 heavy (non-hydrogen) atoms. The molecule has 0 saturated heterocycles. The lowest BCUT2D eigenvalue weighted by Gasteiger charge is -2.37. The zero-order valence-corrected chi connectivity index (χ0v) is 22.4. The number of dihydropyridines is 1. The minimum atomic E-state index is -0.656. The van der Waals surface area contributed by atoms with Crippen molar-refractivity contribution < 1.29 is 23.8 Å². The average Bonchev–Trinajstić information content (AvgIpc) is 2.82. The van der Waals surface area contributed by atoms with Crippen LogP contribution in [0.3, 0.4) is 0 Å². The molecule has 0 aromatic heterocycles. The molecule has 0 saturated carbocycles. The van der Waals surface area contributed by atoms with Crippen LogP contribution >= 0.6 is 23.2 Å². The molecule has 2 aliphatic rings. The third-order valence-electron chi connectivity index (χ3n) is 6.54. The zero-order chi connectivity index (χ0) is 26.1. The third kappa shape index (κ3) is 4.97. The van der Waals surface area contributed by atoms with Crippen LogP contribution in [0.25, 0.3) is 0 Å². The maximum atomic E-state index is 13.8. The fourth-order valence-corrected chi connectivity index (χ4v) is 5.49. The van der Waals surface area contributed by atoms with Gasteiger partial charge >= 0.3 is 5.97 Å². The van der Waals surface area contributed by atoms with Crippen molar-refractivity contribution in [2.24, 2.45) is 0 Å². The minimum Gasteiger partial charge on any atom is -0.493 e. The van der Waals surface area contributed by atoms with Crippen LogP contribution < -0.4 is 14.8 Å². The summed E-state index contributed by atoms with van der Waals surface area (Å²) in [6.45, 7) is 5.40. The number of allylic oxidation sites excluding steroid dienone is 3. The van der Waals surface area contributed by atoms with Crippen molar-refractivity contribution in [2.75, 3.05) is 14.2 Å². The van der Waals surface area contributed by atoms with Crippen molar-refractivity contribution in [3.8, 4) is 11.5 Å². The van der Waals surface area contributed by atoms with Crippen LogP contribution in [-0.2, 0) is 14.3 Å². The van der Waals surface area contributed by atoms with E-state index in [4.69, 9.17) is 37.4 Å². The van der Waals surface area contributed by atoms with Gasteiger partial charge in [-0.25, -0.2) is 4.79 Å². The van der Waals surface area contributed by atoms with E-state index in [2.05, 4.69) is 5.32 Å². The summed E-state index contributed by atoms with van der Waals surface area (Å²) in [4.78, 5) is 27.0. The highest BCUT2D eigenvalue weighted by atomic mass is 35.5. The number of esters is 1. The van der Waals surface area contributed by atoms with Crippen molar-refractivity contribution in [2.45, 2.75) is 51.6 Å². The number of rotatable bonds is 6. The zero-order valence-electron chi connectivity index (χ0n) is 20.9. The van der Waals surface area contributed by atoms with Gasteiger partial charge in [-0.15, -0.1) is 0 Å². The molecule has 0 bridgehead atoms. The summed E-state index contributed by atoms with van der Waals surface area (Å²) < 4.78 is 16.4. The molecule has 6 nitrogen and oxygen atoms in total. The van der Waals surface area contributed by atoms with Crippen LogP contribution in [-0.4, -0.2) is 32.1 Å². The van der Waals surface area contributed by atoms with Gasteiger partial charge in [0.25, 0.3) is 0 Å². The molecular formula is C28H29Cl2NO5. The normalized spacial score (nSPS) is 19.7. The summed E-state index contributed by atoms with van der Waals surface area (Å²) in [5.74, 6) is -0.0182. The van der Waals surface area contributed by atoms with E-state index in [-0.39, 0.29) is 24.2 Å². The first-order chi connectivity index (χ1) is 17.1. The Morgan fingerprint density at radius 1 is 1.03 bits per heavy atom. The first-order valence-corrected chi connectivity index (χ1v) is 12.5. The highest BCUT2D eigenvalue weighted by molar-refractivity contribution is 6.35. The van der Waals surface area contributed by atoms with Crippen molar-refractivity contribution in [1.29, 1.82) is 0 Å². The molecule has 2 aromatic carbocycles. The molecule has 1 heterocycles. The molecule has 0 unspecified atom stereocenters. The largest absolute Gasteiger partial charge is 0.493 e. The molecule has 1 N–H and O–H groups in total. The number of Topliss-reactive ketones (excluding diaryl/α,β-unsaturated/α-hetero) is 1. The lowest BCUT2D eigenvalue weighted by molar-refractivity contribution is -0.143. The smallest absolute Gasteiger partial charge is 0.337 e. The number of carbonyl (C=O) groups is 2. The number of nitrogens with one attached hydrogen (secondary N) is 1. The van der Waals surface area contributed by atoms with Gasteiger partial charge < -0.3 is 19.5 Å². The van der Waals surface area contributed by atoms with Gasteiger partial charge in [-0.3, -0.25) is 4.79 Å². The van der Waals surface area contributed by atoms with E-state index in [1.807, 2.05) is 25.1 Å². The van der Waals surface area contributed by atoms with Crippen molar-refractivity contribution in [3.05, 3.63) is 80.1 Å². The fourth-order valence-electron chi connectivity index (χ4n) is 4.98. The van der Waals surface area contributed by atoms with E-state index in [1.165, 1.54) is 0 Å². The summed E-state index contributed by atoms with van der Waals surface area (Å²) in [6, 6.07) is 10.8. The number of ketones is 1. The number of hydrogen-bond acceptors (Lipinski definition) is 6. The highest BCUT2D eigenvalue weighted by Crippen LogP contribution is 2.48. The molecule has 4 rings (SSSR count). The van der Waals surface area contributed by atoms with Gasteiger partial charge in [0, 0.05) is 39.4 Å². The van der Waals surface area contributed by atoms with Crippen LogP contribution in [0.15, 0.2) is 58.9 Å². The number of ether oxygens (including phenoxy) is 3. The first-order valence-electron chi connectivity index (χ1n) is 11.8. The van der Waals surface area contributed by atoms with Crippen LogP contribution in [0.1, 0.15) is 56.6 Å². The SMILES string of the molecule is COc1ccc([C@H]2CC(=O)C3=C(C2)NC(C)=C(C(=O)OC(C)C)[C@@H]3c2ccc(Cl)cc2Cl)cc1OC. The van der Waals surface area contributed by atoms with Crippen molar-refractivity contribution in [3.63, 3.8) is 0 Å². The number of methoxy groups -OCH3 is 2. The van der Waals surface area contributed by atoms with E-state index in [9.17, 15) is 9.59 Å². The molecule has 2 atom stereocenters. The van der Waals surface area contributed by atoms with Crippen LogP contribution in [0.2, 0.25) is 10.0 Å². The molecule has 0 spiro atoms. The molecule has 0 fully saturated rings. The Morgan fingerprint density at radius 2 is 1.75 bits per heavy atom. The van der Waals surface area contributed by atoms with E-state index in [1.54, 1.807) is 46.3 Å². The second-order valence-corrected chi connectivity index (χ2v) is 10.1. The molecule has 0 amide bonds. The Morgan fingerprint density at radius 3 is 2.39 bits per heavy atom. The topological polar surface area (TPSA) is 73.9 Å². The van der Waals surface area contributed by atoms with Gasteiger partial charge in [-0.05, 0) is 68.5 Å². The van der Waals surface area contributed by atoms with E-state index in [0.29, 0.717) is 50.4 Å². The van der Waals surface area contributed by atoms with Crippen molar-refractivity contribution in [1.82, 2.24) is 5.32 Å². The molecule has 1 aliphatic heterocycles. The number of carbonyl (C=O) groups excluding carboxylic acids is 2. The third-order valence-corrected chi connectivity index (χ3v) is 7.11. The summed E-state index contributed by atoms with van der Waals surface area (Å²) in [5.41, 5.74) is 3.95. The fraction of sp³-hybridized carbons (Fsp3) is 0.357. The highest BCUT2D eigenvalue weighted by Gasteiger charge is 2.42. The lowest BCUT2D eigenvalue weighted by atomic mass is 9.71. The molecular weight excluding hydrogens is 501 g/mol. The van der Waals surface area contributed by atoms with Crippen LogP contribution in [0, 0.1) is 0 Å². The second-order valence-electron chi connectivity index (χ2n) is 9.25. The Bertz CT molecular complexity index is 1280. The Kier molecular flexibility index (Phi) is 7.67. The number of benzene rings is 2. The molecule has 2 aromatic rings. The molecule has 190 valence electrons. The van der Waals surface area contributed by atoms with Crippen molar-refractivity contribution >= 4 is 35.0 Å². The predicted octanol–water partition coefficient (Wildman–Crippen LogP) is 6.32. The summed E-state index contributed by atoms with van der Waals surface area (Å²) in [7, 11) is 3.17. The van der Waals surface area contributed by atoms with Gasteiger partial charge in [0.05, 0.1) is 25.9 Å². The second kappa shape index (κ2) is 10.6. The number of hydrogen-bond donors (Lipinski definition) is 1. The maximum Gasteiger partial charge on any atom is 0.337 e.